The molecule has 0 radical (unpaired) electrons. The van der Waals surface area contributed by atoms with Crippen LogP contribution in [0.1, 0.15) is 197 Å². The number of ketones is 5. The molecule has 10 aromatic heterocycles. The average molecular weight is 1800 g/mol. The lowest BCUT2D eigenvalue weighted by Crippen LogP contribution is -2.46. The highest BCUT2D eigenvalue weighted by molar-refractivity contribution is 6.05. The Kier molecular flexibility index (Phi) is 25.2. The molecule has 0 saturated carbocycles. The van der Waals surface area contributed by atoms with Gasteiger partial charge in [-0.25, -0.2) is 59.8 Å². The normalized spacial score (nSPS) is 26.6. The molecule has 135 heavy (non-hydrogen) atoms. The number of Topliss-reactive ketones (excluding diaryl/α,β-unsaturated/α-hetero) is 5. The minimum Gasteiger partial charge on any atom is -0.481 e. The molecule has 15 atom stereocenters. The van der Waals surface area contributed by atoms with Gasteiger partial charge in [-0.2, -0.15) is 30.7 Å². The first-order chi connectivity index (χ1) is 64.4. The first-order valence-electron chi connectivity index (χ1n) is 46.0. The van der Waals surface area contributed by atoms with Crippen LogP contribution in [-0.4, -0.2) is 111 Å². The fourth-order valence-electron chi connectivity index (χ4n) is 23.5. The van der Waals surface area contributed by atoms with Crippen LogP contribution in [0.3, 0.4) is 0 Å². The van der Waals surface area contributed by atoms with Crippen molar-refractivity contribution in [3.63, 3.8) is 0 Å². The molecule has 0 bridgehead atoms. The summed E-state index contributed by atoms with van der Waals surface area (Å²) >= 11 is 0. The number of pyridine rings is 5. The number of hydrogen-bond acceptors (Lipinski definition) is 26. The van der Waals surface area contributed by atoms with Gasteiger partial charge in [0.1, 0.15) is 30.3 Å². The molecule has 0 spiro atoms. The van der Waals surface area contributed by atoms with Gasteiger partial charge in [-0.3, -0.25) is 38.9 Å². The number of allylic oxidation sites excluding steroid dienone is 10. The second kappa shape index (κ2) is 36.4. The van der Waals surface area contributed by atoms with E-state index in [0.717, 1.165) is 182 Å². The molecule has 0 fully saturated rings. The Bertz CT molecular complexity index is 6900. The van der Waals surface area contributed by atoms with E-state index in [0.29, 0.717) is 40.6 Å². The van der Waals surface area contributed by atoms with E-state index < -0.39 is 33.0 Å². The Balaban J connectivity index is 0.000000123. The number of nitrogens with zero attached hydrogens (tertiary/aromatic N) is 20. The zero-order valence-electron chi connectivity index (χ0n) is 79.2. The predicted octanol–water partition coefficient (Wildman–Crippen LogP) is 17.4. The summed E-state index contributed by atoms with van der Waals surface area (Å²) in [4.78, 5) is 131. The van der Waals surface area contributed by atoms with Crippen LogP contribution in [0, 0.1) is 170 Å². The number of carbonyl (C=O) groups excluding carboxylic acids is 5. The molecular weight excluding hydrogens is 1690 g/mol. The van der Waals surface area contributed by atoms with Crippen LogP contribution in [0.15, 0.2) is 156 Å². The number of rotatable bonds is 6. The molecule has 0 N–H and O–H groups in total. The Morgan fingerprint density at radius 3 is 0.919 bits per heavy atom. The van der Waals surface area contributed by atoms with Gasteiger partial charge in [0.15, 0.2) is 58.0 Å². The number of aryl methyl sites for hydroxylation is 7. The van der Waals surface area contributed by atoms with Crippen molar-refractivity contribution < 1.29 is 33.1 Å². The molecule has 20 rings (SSSR count). The van der Waals surface area contributed by atoms with E-state index in [9.17, 15) is 54.7 Å². The number of aromatic nitrogens is 15. The van der Waals surface area contributed by atoms with Crippen molar-refractivity contribution in [1.82, 2.24) is 74.8 Å². The molecule has 10 aliphatic carbocycles. The van der Waals surface area contributed by atoms with Crippen molar-refractivity contribution >= 4 is 28.9 Å². The van der Waals surface area contributed by atoms with Crippen molar-refractivity contribution in [3.8, 4) is 93.2 Å². The van der Waals surface area contributed by atoms with E-state index in [1.165, 1.54) is 12.3 Å². The highest BCUT2D eigenvalue weighted by Gasteiger charge is 2.55. The number of fused-ring (bicyclic) bond motifs is 15. The van der Waals surface area contributed by atoms with Gasteiger partial charge in [0.25, 0.3) is 0 Å². The monoisotopic (exact) mass is 1800 g/mol. The highest BCUT2D eigenvalue weighted by Crippen LogP contribution is 2.56. The van der Waals surface area contributed by atoms with E-state index in [1.54, 1.807) is 50.2 Å². The van der Waals surface area contributed by atoms with Gasteiger partial charge >= 0.3 is 0 Å². The summed E-state index contributed by atoms with van der Waals surface area (Å²) in [5.74, 6) is 2.40. The topological polar surface area (TPSA) is 407 Å². The number of nitriles is 5. The van der Waals surface area contributed by atoms with E-state index in [1.807, 2.05) is 163 Å². The molecule has 0 unspecified atom stereocenters. The highest BCUT2D eigenvalue weighted by atomic mass is 19.1. The largest absolute Gasteiger partial charge is 0.481 e. The SMILES string of the molecule is COc1cc(-c2nc(C)c3c(n2)[C@]2(C)C=C(C#N)C(=O)[C@H](C)[C@H]2CC3)ccn1.Cc1cc(-c2nc(C)c3c(n2)[C@]2(C)C=C(C#N)C(=O)[C@H](C)[C@H]2CC3)ccn1.Cc1cnccc1-c1nc(C)c2c(n1)[C@]1(C)C=C(C#N)C(=O)[C@H](C)[C@H]1CC2.Cc1nc(-c2ccnc(F)c2)nc2c1CC[C@@H]1[C@@H](C)C(=O)C(C#N)=C[C@@]21C.Cc1nc(-c2ccncc2)nc2c1CC[C@@H]1[C@@H](C)C(=O)C(C#N)=C[C@@]21C. The van der Waals surface area contributed by atoms with E-state index in [-0.39, 0.29) is 116 Å². The quantitative estimate of drug-likeness (QED) is 0.140. The molecule has 680 valence electrons. The van der Waals surface area contributed by atoms with Crippen molar-refractivity contribution in [1.29, 1.82) is 26.3 Å². The number of halogens is 1. The Morgan fingerprint density at radius 1 is 0.341 bits per heavy atom. The van der Waals surface area contributed by atoms with Crippen LogP contribution >= 0.6 is 0 Å². The van der Waals surface area contributed by atoms with Crippen molar-refractivity contribution in [2.75, 3.05) is 7.11 Å². The van der Waals surface area contributed by atoms with Gasteiger partial charge in [0.05, 0.1) is 63.4 Å². The third-order valence-corrected chi connectivity index (χ3v) is 30.8. The maximum absolute atomic E-state index is 13.6. The first-order valence-corrected chi connectivity index (χ1v) is 46.0. The van der Waals surface area contributed by atoms with Crippen LogP contribution in [-0.2, 0) is 83.2 Å². The van der Waals surface area contributed by atoms with Crippen LogP contribution in [0.5, 0.6) is 5.88 Å². The van der Waals surface area contributed by atoms with Gasteiger partial charge in [0.2, 0.25) is 11.8 Å². The molecular formula is C108H105FN20O6. The Morgan fingerprint density at radius 2 is 0.615 bits per heavy atom. The molecule has 0 amide bonds. The molecule has 26 nitrogen and oxygen atoms in total. The lowest BCUT2D eigenvalue weighted by Gasteiger charge is -2.45. The van der Waals surface area contributed by atoms with E-state index >= 15 is 0 Å². The van der Waals surface area contributed by atoms with E-state index in [4.69, 9.17) is 49.6 Å². The summed E-state index contributed by atoms with van der Waals surface area (Å²) < 4.78 is 18.8. The maximum atomic E-state index is 13.6. The molecule has 10 aliphatic rings. The molecule has 0 aliphatic heterocycles. The summed E-state index contributed by atoms with van der Waals surface area (Å²) in [6, 6.07) is 26.7. The number of methoxy groups -OCH3 is 1. The van der Waals surface area contributed by atoms with Crippen LogP contribution in [0.25, 0.3) is 56.9 Å². The summed E-state index contributed by atoms with van der Waals surface area (Å²) in [5, 5.41) is 47.3. The van der Waals surface area contributed by atoms with Crippen LogP contribution < -0.4 is 4.74 Å². The molecule has 27 heteroatoms. The summed E-state index contributed by atoms with van der Waals surface area (Å²) in [7, 11) is 1.57. The summed E-state index contributed by atoms with van der Waals surface area (Å²) in [5.41, 5.74) is 20.0. The van der Waals surface area contributed by atoms with Gasteiger partial charge in [-0.1, -0.05) is 99.6 Å². The zero-order chi connectivity index (χ0) is 96.6. The minimum absolute atomic E-state index is 0.0422. The zero-order valence-corrected chi connectivity index (χ0v) is 79.2. The minimum atomic E-state index is -0.584. The molecule has 0 saturated heterocycles. The van der Waals surface area contributed by atoms with E-state index in [2.05, 4.69) is 87.9 Å². The second-order valence-electron chi connectivity index (χ2n) is 38.6. The number of ether oxygens (including phenoxy) is 1. The fraction of sp³-hybridized carbons (Fsp3) is 0.398. The third kappa shape index (κ3) is 16.4. The summed E-state index contributed by atoms with van der Waals surface area (Å²) in [6.45, 7) is 34.1. The van der Waals surface area contributed by atoms with Gasteiger partial charge < -0.3 is 4.74 Å². The average Bonchev–Trinajstić information content (AvgIpc) is 0.743. The summed E-state index contributed by atoms with van der Waals surface area (Å²) in [6.07, 6.45) is 29.7. The van der Waals surface area contributed by atoms with Crippen molar-refractivity contribution in [2.45, 2.75) is 209 Å². The Hall–Kier alpha value is -14.6. The Labute approximate surface area is 785 Å². The first kappa shape index (κ1) is 93.6. The van der Waals surface area contributed by atoms with Crippen molar-refractivity contribution in [3.05, 3.63) is 258 Å². The lowest BCUT2D eigenvalue weighted by molar-refractivity contribution is -0.122. The smallest absolute Gasteiger partial charge is 0.213 e. The lowest BCUT2D eigenvalue weighted by atomic mass is 9.57. The third-order valence-electron chi connectivity index (χ3n) is 30.8. The standard InChI is InChI=1S/C22H22N4O2.2C22H22N4O.C21H19FN4O.C21H20N4O/c1-12-17-6-5-16-13(2)25-21(14-7-8-24-18(9-14)28-4)26-20(16)22(17,3)10-15(11-23)19(12)27;1-12-11-24-8-7-16(12)21-25-14(3)17-5-6-18-13(2)19(27)15(10-23)9-22(18,4)20(17)26-21;1-12-9-15(7-8-24-12)21-25-14(3)17-5-6-18-13(2)19(27)16(11-23)10-22(18,4)20(17)26-21;1-11-16-5-4-15-12(2)25-20(13-6-7-24-17(22)8-13)26-19(15)21(16,3)9-14(10-23)18(11)27;1-12-17-5-4-16-13(2)24-20(14-6-8-23-9-7-14)25-19(16)21(17,3)10-15(11-22)18(12)26/h7-10,12,17H,5-6H2,1-4H3;7-9,11,13,18H,5-6H2,1-4H3;7-10,13,18H,5-6H2,1-4H3;6-9,11,16H,4-5H2,1-3H3;6-10,12,17H,4-5H2,1-3H3/t12-,17-,22-;2*13-,18-,22-;11-,16-,21-;12-,17-,21-/m11111/s1. The fourth-order valence-corrected chi connectivity index (χ4v) is 23.5. The van der Waals surface area contributed by atoms with Gasteiger partial charge in [0, 0.05) is 174 Å². The number of hydrogen-bond donors (Lipinski definition) is 0. The van der Waals surface area contributed by atoms with Crippen molar-refractivity contribution in [2.24, 2.45) is 59.2 Å². The second-order valence-corrected chi connectivity index (χ2v) is 38.6. The maximum Gasteiger partial charge on any atom is 0.213 e. The molecule has 0 aromatic carbocycles. The molecule has 10 aromatic rings. The van der Waals surface area contributed by atoms with Crippen LogP contribution in [0.2, 0.25) is 0 Å². The van der Waals surface area contributed by atoms with Gasteiger partial charge in [-0.05, 0) is 218 Å². The van der Waals surface area contributed by atoms with Crippen LogP contribution in [0.4, 0.5) is 4.39 Å². The molecule has 10 heterocycles. The predicted molar refractivity (Wildman–Crippen MR) is 501 cm³/mol. The van der Waals surface area contributed by atoms with Gasteiger partial charge in [-0.15, -0.1) is 0 Å². The number of carbonyl (C=O) groups is 5.